The van der Waals surface area contributed by atoms with E-state index in [0.29, 0.717) is 6.04 Å². The first-order chi connectivity index (χ1) is 9.24. The molecule has 0 radical (unpaired) electrons. The van der Waals surface area contributed by atoms with E-state index in [1.54, 1.807) is 0 Å². The second-order valence-electron chi connectivity index (χ2n) is 5.35. The SMILES string of the molecule is CCCCCCCCCNC(C)c1ccc(Cl)cc1. The first-order valence-corrected chi connectivity index (χ1v) is 8.10. The van der Waals surface area contributed by atoms with E-state index in [-0.39, 0.29) is 0 Å². The zero-order valence-corrected chi connectivity index (χ0v) is 13.2. The largest absolute Gasteiger partial charge is 0.310 e. The van der Waals surface area contributed by atoms with E-state index in [9.17, 15) is 0 Å². The molecule has 2 heteroatoms. The highest BCUT2D eigenvalue weighted by Gasteiger charge is 2.03. The maximum atomic E-state index is 5.89. The highest BCUT2D eigenvalue weighted by atomic mass is 35.5. The van der Waals surface area contributed by atoms with Gasteiger partial charge < -0.3 is 5.32 Å². The summed E-state index contributed by atoms with van der Waals surface area (Å²) in [7, 11) is 0. The summed E-state index contributed by atoms with van der Waals surface area (Å²) in [5, 5.41) is 4.39. The Balaban J connectivity index is 2.04. The molecule has 0 fully saturated rings. The minimum Gasteiger partial charge on any atom is -0.310 e. The summed E-state index contributed by atoms with van der Waals surface area (Å²) in [6.07, 6.45) is 9.56. The van der Waals surface area contributed by atoms with Gasteiger partial charge in [-0.05, 0) is 37.6 Å². The third kappa shape index (κ3) is 7.59. The third-order valence-electron chi connectivity index (χ3n) is 3.60. The van der Waals surface area contributed by atoms with Gasteiger partial charge in [0.15, 0.2) is 0 Å². The fourth-order valence-corrected chi connectivity index (χ4v) is 2.40. The Kier molecular flexibility index (Phi) is 8.94. The van der Waals surface area contributed by atoms with Crippen LogP contribution in [0.5, 0.6) is 0 Å². The molecule has 1 rings (SSSR count). The zero-order chi connectivity index (χ0) is 13.9. The van der Waals surface area contributed by atoms with Crippen LogP contribution < -0.4 is 5.32 Å². The summed E-state index contributed by atoms with van der Waals surface area (Å²) in [5.41, 5.74) is 1.31. The molecule has 1 nitrogen and oxygen atoms in total. The molecular formula is C17H28ClN. The molecular weight excluding hydrogens is 254 g/mol. The average molecular weight is 282 g/mol. The Morgan fingerprint density at radius 3 is 2.16 bits per heavy atom. The van der Waals surface area contributed by atoms with Crippen LogP contribution in [-0.2, 0) is 0 Å². The van der Waals surface area contributed by atoms with Crippen LogP contribution in [-0.4, -0.2) is 6.54 Å². The lowest BCUT2D eigenvalue weighted by molar-refractivity contribution is 0.524. The van der Waals surface area contributed by atoms with Crippen LogP contribution in [0.15, 0.2) is 24.3 Å². The van der Waals surface area contributed by atoms with Crippen LogP contribution in [0.4, 0.5) is 0 Å². The Morgan fingerprint density at radius 2 is 1.53 bits per heavy atom. The number of halogens is 1. The molecule has 0 aliphatic carbocycles. The van der Waals surface area contributed by atoms with Crippen LogP contribution in [0.1, 0.15) is 70.4 Å². The molecule has 0 aliphatic rings. The first kappa shape index (κ1) is 16.5. The van der Waals surface area contributed by atoms with E-state index in [1.807, 2.05) is 12.1 Å². The van der Waals surface area contributed by atoms with Gasteiger partial charge in [0.25, 0.3) is 0 Å². The zero-order valence-electron chi connectivity index (χ0n) is 12.4. The smallest absolute Gasteiger partial charge is 0.0406 e. The molecule has 1 N–H and O–H groups in total. The maximum Gasteiger partial charge on any atom is 0.0406 e. The Labute approximate surface area is 123 Å². The van der Waals surface area contributed by atoms with Crippen LogP contribution >= 0.6 is 11.6 Å². The highest BCUT2D eigenvalue weighted by Crippen LogP contribution is 2.16. The van der Waals surface area contributed by atoms with Crippen molar-refractivity contribution in [1.82, 2.24) is 5.32 Å². The topological polar surface area (TPSA) is 12.0 Å². The lowest BCUT2D eigenvalue weighted by Gasteiger charge is -2.14. The fraction of sp³-hybridized carbons (Fsp3) is 0.647. The normalized spacial score (nSPS) is 12.6. The molecule has 0 aromatic heterocycles. The van der Waals surface area contributed by atoms with Gasteiger partial charge in [0.2, 0.25) is 0 Å². The van der Waals surface area contributed by atoms with Crippen molar-refractivity contribution in [3.05, 3.63) is 34.9 Å². The molecule has 1 aromatic rings. The van der Waals surface area contributed by atoms with Crippen molar-refractivity contribution in [3.63, 3.8) is 0 Å². The molecule has 1 atom stereocenters. The molecule has 0 saturated carbocycles. The van der Waals surface area contributed by atoms with Crippen LogP contribution in [0.25, 0.3) is 0 Å². The second-order valence-corrected chi connectivity index (χ2v) is 5.79. The van der Waals surface area contributed by atoms with Gasteiger partial charge in [-0.25, -0.2) is 0 Å². The number of benzene rings is 1. The standard InChI is InChI=1S/C17H28ClN/c1-3-4-5-6-7-8-9-14-19-15(2)16-10-12-17(18)13-11-16/h10-13,15,19H,3-9,14H2,1-2H3. The number of rotatable bonds is 10. The Morgan fingerprint density at radius 1 is 0.947 bits per heavy atom. The molecule has 1 aromatic carbocycles. The molecule has 0 spiro atoms. The molecule has 0 saturated heterocycles. The maximum absolute atomic E-state index is 5.89. The summed E-state index contributed by atoms with van der Waals surface area (Å²) in [6, 6.07) is 8.54. The van der Waals surface area contributed by atoms with Crippen molar-refractivity contribution < 1.29 is 0 Å². The van der Waals surface area contributed by atoms with E-state index in [0.717, 1.165) is 11.6 Å². The number of nitrogens with one attached hydrogen (secondary N) is 1. The molecule has 19 heavy (non-hydrogen) atoms. The van der Waals surface area contributed by atoms with Gasteiger partial charge in [0, 0.05) is 11.1 Å². The quantitative estimate of drug-likeness (QED) is 0.539. The molecule has 0 bridgehead atoms. The van der Waals surface area contributed by atoms with Crippen LogP contribution in [0, 0.1) is 0 Å². The van der Waals surface area contributed by atoms with Crippen molar-refractivity contribution in [3.8, 4) is 0 Å². The number of hydrogen-bond donors (Lipinski definition) is 1. The Hall–Kier alpha value is -0.530. The lowest BCUT2D eigenvalue weighted by Crippen LogP contribution is -2.19. The van der Waals surface area contributed by atoms with Crippen LogP contribution in [0.3, 0.4) is 0 Å². The predicted octanol–water partition coefficient (Wildman–Crippen LogP) is 5.74. The number of unbranched alkanes of at least 4 members (excludes halogenated alkanes) is 6. The number of hydrogen-bond acceptors (Lipinski definition) is 1. The highest BCUT2D eigenvalue weighted by molar-refractivity contribution is 6.30. The summed E-state index contributed by atoms with van der Waals surface area (Å²) in [5.74, 6) is 0. The molecule has 0 amide bonds. The average Bonchev–Trinajstić information content (AvgIpc) is 2.42. The van der Waals surface area contributed by atoms with Crippen molar-refractivity contribution in [2.24, 2.45) is 0 Å². The van der Waals surface area contributed by atoms with E-state index >= 15 is 0 Å². The molecule has 0 aliphatic heterocycles. The minimum absolute atomic E-state index is 0.414. The first-order valence-electron chi connectivity index (χ1n) is 7.73. The van der Waals surface area contributed by atoms with Gasteiger partial charge in [0.05, 0.1) is 0 Å². The molecule has 108 valence electrons. The molecule has 1 unspecified atom stereocenters. The fourth-order valence-electron chi connectivity index (χ4n) is 2.27. The second kappa shape index (κ2) is 10.3. The van der Waals surface area contributed by atoms with Crippen molar-refractivity contribution in [2.75, 3.05) is 6.54 Å². The van der Waals surface area contributed by atoms with Crippen molar-refractivity contribution in [1.29, 1.82) is 0 Å². The van der Waals surface area contributed by atoms with Gasteiger partial charge in [-0.2, -0.15) is 0 Å². The van der Waals surface area contributed by atoms with Gasteiger partial charge >= 0.3 is 0 Å². The Bertz CT molecular complexity index is 321. The van der Waals surface area contributed by atoms with E-state index in [4.69, 9.17) is 11.6 Å². The van der Waals surface area contributed by atoms with E-state index in [2.05, 4.69) is 31.3 Å². The summed E-state index contributed by atoms with van der Waals surface area (Å²) >= 11 is 5.89. The lowest BCUT2D eigenvalue weighted by atomic mass is 10.1. The van der Waals surface area contributed by atoms with Gasteiger partial charge in [-0.15, -0.1) is 0 Å². The third-order valence-corrected chi connectivity index (χ3v) is 3.85. The van der Waals surface area contributed by atoms with Gasteiger partial charge in [0.1, 0.15) is 0 Å². The monoisotopic (exact) mass is 281 g/mol. The summed E-state index contributed by atoms with van der Waals surface area (Å²) in [6.45, 7) is 5.59. The van der Waals surface area contributed by atoms with Crippen molar-refractivity contribution in [2.45, 2.75) is 64.8 Å². The van der Waals surface area contributed by atoms with Gasteiger partial charge in [-0.1, -0.05) is 69.2 Å². The summed E-state index contributed by atoms with van der Waals surface area (Å²) in [4.78, 5) is 0. The van der Waals surface area contributed by atoms with E-state index in [1.165, 1.54) is 50.5 Å². The predicted molar refractivity (Wildman–Crippen MR) is 85.9 cm³/mol. The van der Waals surface area contributed by atoms with Crippen LogP contribution in [0.2, 0.25) is 5.02 Å². The van der Waals surface area contributed by atoms with Crippen molar-refractivity contribution >= 4 is 11.6 Å². The van der Waals surface area contributed by atoms with Gasteiger partial charge in [-0.3, -0.25) is 0 Å². The molecule has 0 heterocycles. The summed E-state index contributed by atoms with van der Waals surface area (Å²) < 4.78 is 0. The minimum atomic E-state index is 0.414. The van der Waals surface area contributed by atoms with E-state index < -0.39 is 0 Å².